The van der Waals surface area contributed by atoms with Gasteiger partial charge >= 0.3 is 0 Å². The second kappa shape index (κ2) is 11.0. The van der Waals surface area contributed by atoms with Crippen molar-refractivity contribution in [2.45, 2.75) is 52.9 Å². The van der Waals surface area contributed by atoms with Crippen molar-refractivity contribution in [3.8, 4) is 0 Å². The van der Waals surface area contributed by atoms with Gasteiger partial charge in [0, 0.05) is 44.8 Å². The zero-order valence-electron chi connectivity index (χ0n) is 15.2. The van der Waals surface area contributed by atoms with Crippen LogP contribution in [-0.2, 0) is 4.74 Å². The minimum atomic E-state index is 0.317. The second-order valence-electron chi connectivity index (χ2n) is 5.84. The van der Waals surface area contributed by atoms with Crippen molar-refractivity contribution in [3.05, 3.63) is 17.0 Å². The number of aryl methyl sites for hydroxylation is 2. The van der Waals surface area contributed by atoms with E-state index in [1.807, 2.05) is 13.8 Å². The summed E-state index contributed by atoms with van der Waals surface area (Å²) < 4.78 is 10.8. The quantitative estimate of drug-likeness (QED) is 0.393. The van der Waals surface area contributed by atoms with E-state index in [4.69, 9.17) is 9.26 Å². The molecular formula is C17H32N4O2. The number of guanidine groups is 1. The molecule has 0 aromatic carbocycles. The van der Waals surface area contributed by atoms with E-state index in [2.05, 4.69) is 34.6 Å². The van der Waals surface area contributed by atoms with Crippen molar-refractivity contribution < 1.29 is 9.26 Å². The number of aliphatic imine (C=N–C) groups is 1. The first kappa shape index (κ1) is 19.5. The highest BCUT2D eigenvalue weighted by molar-refractivity contribution is 5.79. The van der Waals surface area contributed by atoms with Crippen LogP contribution >= 0.6 is 0 Å². The summed E-state index contributed by atoms with van der Waals surface area (Å²) in [5.74, 6) is 2.03. The fourth-order valence-electron chi connectivity index (χ4n) is 2.50. The summed E-state index contributed by atoms with van der Waals surface area (Å²) in [5, 5.41) is 10.7. The molecule has 0 saturated heterocycles. The van der Waals surface area contributed by atoms with Gasteiger partial charge in [-0.2, -0.15) is 0 Å². The number of ether oxygens (including phenoxy) is 1. The maximum absolute atomic E-state index is 5.55. The molecule has 1 unspecified atom stereocenters. The molecule has 0 aliphatic rings. The third-order valence-corrected chi connectivity index (χ3v) is 3.78. The smallest absolute Gasteiger partial charge is 0.190 e. The predicted molar refractivity (Wildman–Crippen MR) is 94.1 cm³/mol. The second-order valence-corrected chi connectivity index (χ2v) is 5.84. The molecule has 0 bridgehead atoms. The lowest BCUT2D eigenvalue weighted by molar-refractivity contribution is 0.129. The molecule has 1 rings (SSSR count). The number of nitrogens with zero attached hydrogens (tertiary/aromatic N) is 2. The highest BCUT2D eigenvalue weighted by Crippen LogP contribution is 2.22. The van der Waals surface area contributed by atoms with Gasteiger partial charge in [0.25, 0.3) is 0 Å². The van der Waals surface area contributed by atoms with E-state index in [-0.39, 0.29) is 0 Å². The SMILES string of the molecule is CCCCOCCCNC(=NC)NCC(C)c1c(C)noc1C. The van der Waals surface area contributed by atoms with Crippen LogP contribution in [0.2, 0.25) is 0 Å². The fourth-order valence-corrected chi connectivity index (χ4v) is 2.50. The Morgan fingerprint density at radius 2 is 2.00 bits per heavy atom. The van der Waals surface area contributed by atoms with E-state index in [1.165, 1.54) is 12.0 Å². The molecule has 0 spiro atoms. The van der Waals surface area contributed by atoms with Gasteiger partial charge in [-0.1, -0.05) is 25.4 Å². The van der Waals surface area contributed by atoms with Crippen LogP contribution in [0.4, 0.5) is 0 Å². The maximum Gasteiger partial charge on any atom is 0.190 e. The molecule has 1 atom stereocenters. The molecule has 0 saturated carbocycles. The highest BCUT2D eigenvalue weighted by atomic mass is 16.5. The molecule has 0 radical (unpaired) electrons. The average Bonchev–Trinajstić information content (AvgIpc) is 2.88. The van der Waals surface area contributed by atoms with Gasteiger partial charge in [-0.05, 0) is 26.7 Å². The zero-order valence-corrected chi connectivity index (χ0v) is 15.2. The van der Waals surface area contributed by atoms with Crippen molar-refractivity contribution in [1.82, 2.24) is 15.8 Å². The van der Waals surface area contributed by atoms with E-state index in [0.29, 0.717) is 5.92 Å². The monoisotopic (exact) mass is 324 g/mol. The topological polar surface area (TPSA) is 71.7 Å². The lowest BCUT2D eigenvalue weighted by Gasteiger charge is -2.16. The molecule has 2 N–H and O–H groups in total. The van der Waals surface area contributed by atoms with Gasteiger partial charge in [0.15, 0.2) is 5.96 Å². The Labute approximate surface area is 140 Å². The molecule has 0 fully saturated rings. The summed E-state index contributed by atoms with van der Waals surface area (Å²) in [6, 6.07) is 0. The molecule has 1 aromatic heterocycles. The van der Waals surface area contributed by atoms with Gasteiger partial charge in [-0.15, -0.1) is 0 Å². The largest absolute Gasteiger partial charge is 0.381 e. The van der Waals surface area contributed by atoms with Crippen LogP contribution in [0.1, 0.15) is 56.0 Å². The number of rotatable bonds is 10. The normalized spacial score (nSPS) is 13.2. The lowest BCUT2D eigenvalue weighted by Crippen LogP contribution is -2.39. The van der Waals surface area contributed by atoms with Crippen LogP contribution in [0.15, 0.2) is 9.52 Å². The molecule has 0 aliphatic heterocycles. The Kier molecular flexibility index (Phi) is 9.36. The summed E-state index contributed by atoms with van der Waals surface area (Å²) >= 11 is 0. The molecule has 132 valence electrons. The highest BCUT2D eigenvalue weighted by Gasteiger charge is 2.16. The van der Waals surface area contributed by atoms with E-state index in [0.717, 1.165) is 56.6 Å². The number of aromatic nitrogens is 1. The molecular weight excluding hydrogens is 292 g/mol. The Morgan fingerprint density at radius 1 is 1.26 bits per heavy atom. The van der Waals surface area contributed by atoms with E-state index in [1.54, 1.807) is 7.05 Å². The third-order valence-electron chi connectivity index (χ3n) is 3.78. The summed E-state index contributed by atoms with van der Waals surface area (Å²) in [7, 11) is 1.79. The molecule has 1 heterocycles. The first-order valence-electron chi connectivity index (χ1n) is 8.55. The van der Waals surface area contributed by atoms with E-state index in [9.17, 15) is 0 Å². The minimum absolute atomic E-state index is 0.317. The number of nitrogens with one attached hydrogen (secondary N) is 2. The van der Waals surface area contributed by atoms with Crippen molar-refractivity contribution in [2.75, 3.05) is 33.4 Å². The Balaban J connectivity index is 2.24. The zero-order chi connectivity index (χ0) is 17.1. The van der Waals surface area contributed by atoms with Gasteiger partial charge in [0.2, 0.25) is 0 Å². The summed E-state index contributed by atoms with van der Waals surface area (Å²) in [6.07, 6.45) is 3.29. The van der Waals surface area contributed by atoms with Gasteiger partial charge in [-0.25, -0.2) is 0 Å². The van der Waals surface area contributed by atoms with Crippen molar-refractivity contribution in [1.29, 1.82) is 0 Å². The number of hydrogen-bond acceptors (Lipinski definition) is 4. The van der Waals surface area contributed by atoms with Crippen LogP contribution in [-0.4, -0.2) is 44.5 Å². The first-order chi connectivity index (χ1) is 11.1. The van der Waals surface area contributed by atoms with Crippen molar-refractivity contribution in [2.24, 2.45) is 4.99 Å². The van der Waals surface area contributed by atoms with Crippen molar-refractivity contribution in [3.63, 3.8) is 0 Å². The standard InChI is InChI=1S/C17H32N4O2/c1-6-7-10-22-11-8-9-19-17(18-5)20-12-13(2)16-14(3)21-23-15(16)4/h13H,6-12H2,1-5H3,(H2,18,19,20). The van der Waals surface area contributed by atoms with Gasteiger partial charge in [0.05, 0.1) is 5.69 Å². The average molecular weight is 324 g/mol. The first-order valence-corrected chi connectivity index (χ1v) is 8.55. The van der Waals surface area contributed by atoms with Crippen LogP contribution in [0.5, 0.6) is 0 Å². The number of hydrogen-bond donors (Lipinski definition) is 2. The Hall–Kier alpha value is -1.56. The van der Waals surface area contributed by atoms with Crippen LogP contribution in [0, 0.1) is 13.8 Å². The molecule has 6 nitrogen and oxygen atoms in total. The summed E-state index contributed by atoms with van der Waals surface area (Å²) in [5.41, 5.74) is 2.14. The predicted octanol–water partition coefficient (Wildman–Crippen LogP) is 2.77. The Bertz CT molecular complexity index is 452. The van der Waals surface area contributed by atoms with Crippen molar-refractivity contribution >= 4 is 5.96 Å². The van der Waals surface area contributed by atoms with E-state index < -0.39 is 0 Å². The molecule has 6 heteroatoms. The van der Waals surface area contributed by atoms with Gasteiger partial charge in [0.1, 0.15) is 5.76 Å². The van der Waals surface area contributed by atoms with E-state index >= 15 is 0 Å². The number of unbranched alkanes of at least 4 members (excludes halogenated alkanes) is 1. The summed E-state index contributed by atoms with van der Waals surface area (Å²) in [4.78, 5) is 4.25. The van der Waals surface area contributed by atoms with Crippen LogP contribution < -0.4 is 10.6 Å². The van der Waals surface area contributed by atoms with Gasteiger partial charge in [-0.3, -0.25) is 4.99 Å². The summed E-state index contributed by atoms with van der Waals surface area (Å²) in [6.45, 7) is 11.6. The van der Waals surface area contributed by atoms with Gasteiger partial charge < -0.3 is 19.9 Å². The lowest BCUT2D eigenvalue weighted by atomic mass is 10.00. The third kappa shape index (κ3) is 7.03. The molecule has 0 amide bonds. The fraction of sp³-hybridized carbons (Fsp3) is 0.765. The molecule has 1 aromatic rings. The van der Waals surface area contributed by atoms with Crippen LogP contribution in [0.3, 0.4) is 0 Å². The van der Waals surface area contributed by atoms with Crippen LogP contribution in [0.25, 0.3) is 0 Å². The maximum atomic E-state index is 5.55. The minimum Gasteiger partial charge on any atom is -0.381 e. The molecule has 23 heavy (non-hydrogen) atoms. The molecule has 0 aliphatic carbocycles. The Morgan fingerprint density at radius 3 is 2.61 bits per heavy atom.